The van der Waals surface area contributed by atoms with Gasteiger partial charge in [-0.05, 0) is 25.5 Å². The summed E-state index contributed by atoms with van der Waals surface area (Å²) in [5.41, 5.74) is 5.55. The van der Waals surface area contributed by atoms with Gasteiger partial charge in [-0.15, -0.1) is 0 Å². The molecule has 1 heterocycles. The number of rotatable bonds is 5. The number of hydrogen-bond acceptors (Lipinski definition) is 3. The molecule has 1 unspecified atom stereocenters. The van der Waals surface area contributed by atoms with E-state index in [-0.39, 0.29) is 0 Å². The lowest BCUT2D eigenvalue weighted by Crippen LogP contribution is -2.16. The second-order valence-corrected chi connectivity index (χ2v) is 3.63. The number of anilines is 1. The van der Waals surface area contributed by atoms with Crippen molar-refractivity contribution in [3.63, 3.8) is 0 Å². The zero-order valence-corrected chi connectivity index (χ0v) is 9.16. The Morgan fingerprint density at radius 1 is 1.60 bits per heavy atom. The van der Waals surface area contributed by atoms with Crippen LogP contribution in [0.15, 0.2) is 18.3 Å². The summed E-state index contributed by atoms with van der Waals surface area (Å²) in [6.45, 7) is 4.25. The van der Waals surface area contributed by atoms with E-state index in [1.807, 2.05) is 0 Å². The van der Waals surface area contributed by atoms with Crippen molar-refractivity contribution in [2.45, 2.75) is 32.7 Å². The quantitative estimate of drug-likeness (QED) is 0.773. The number of carbonyl (C=O) groups is 1. The van der Waals surface area contributed by atoms with Gasteiger partial charge in [-0.3, -0.25) is 4.79 Å². The Bertz CT molecular complexity index is 321. The molecule has 1 aromatic rings. The molecule has 4 nitrogen and oxygen atoms in total. The lowest BCUT2D eigenvalue weighted by atomic mass is 10.2. The van der Waals surface area contributed by atoms with Crippen molar-refractivity contribution in [1.29, 1.82) is 0 Å². The molecule has 1 aromatic heterocycles. The predicted octanol–water partition coefficient (Wildman–Crippen LogP) is 1.78. The van der Waals surface area contributed by atoms with E-state index in [2.05, 4.69) is 24.1 Å². The van der Waals surface area contributed by atoms with Gasteiger partial charge < -0.3 is 11.1 Å². The lowest BCUT2D eigenvalue weighted by Gasteiger charge is -2.13. The Hall–Kier alpha value is -1.58. The van der Waals surface area contributed by atoms with Crippen molar-refractivity contribution in [3.05, 3.63) is 23.9 Å². The molecule has 3 N–H and O–H groups in total. The average Bonchev–Trinajstić information content (AvgIpc) is 2.18. The first-order chi connectivity index (χ1) is 7.13. The minimum atomic E-state index is -0.448. The van der Waals surface area contributed by atoms with Gasteiger partial charge in [-0.1, -0.05) is 13.3 Å². The van der Waals surface area contributed by atoms with Gasteiger partial charge in [-0.2, -0.15) is 0 Å². The van der Waals surface area contributed by atoms with Gasteiger partial charge in [0.1, 0.15) is 5.82 Å². The maximum absolute atomic E-state index is 10.8. The highest BCUT2D eigenvalue weighted by Gasteiger charge is 2.03. The molecule has 0 spiro atoms. The van der Waals surface area contributed by atoms with Crippen LogP contribution < -0.4 is 11.1 Å². The molecule has 4 heteroatoms. The van der Waals surface area contributed by atoms with Crippen LogP contribution >= 0.6 is 0 Å². The monoisotopic (exact) mass is 207 g/mol. The van der Waals surface area contributed by atoms with Crippen LogP contribution in [0.5, 0.6) is 0 Å². The van der Waals surface area contributed by atoms with Crippen LogP contribution in [0, 0.1) is 0 Å². The van der Waals surface area contributed by atoms with E-state index >= 15 is 0 Å². The molecule has 0 radical (unpaired) electrons. The van der Waals surface area contributed by atoms with Crippen LogP contribution in [0.25, 0.3) is 0 Å². The number of carbonyl (C=O) groups excluding carboxylic acids is 1. The standard InChI is InChI=1S/C11H17N3O/c1-3-4-8(2)14-10-6-5-9(7-13-10)11(12)15/h5-8H,3-4H2,1-2H3,(H2,12,15)(H,13,14). The molecule has 82 valence electrons. The van der Waals surface area contributed by atoms with Crippen LogP contribution in [-0.2, 0) is 0 Å². The number of hydrogen-bond donors (Lipinski definition) is 2. The van der Waals surface area contributed by atoms with Crippen molar-refractivity contribution < 1.29 is 4.79 Å². The largest absolute Gasteiger partial charge is 0.368 e. The minimum Gasteiger partial charge on any atom is -0.368 e. The third-order valence-corrected chi connectivity index (χ3v) is 2.16. The van der Waals surface area contributed by atoms with E-state index in [9.17, 15) is 4.79 Å². The summed E-state index contributed by atoms with van der Waals surface area (Å²) in [7, 11) is 0. The minimum absolute atomic E-state index is 0.391. The summed E-state index contributed by atoms with van der Waals surface area (Å²) in [4.78, 5) is 14.9. The maximum Gasteiger partial charge on any atom is 0.250 e. The highest BCUT2D eigenvalue weighted by atomic mass is 16.1. The Labute approximate surface area is 89.9 Å². The summed E-state index contributed by atoms with van der Waals surface area (Å²) < 4.78 is 0. The summed E-state index contributed by atoms with van der Waals surface area (Å²) in [5.74, 6) is 0.330. The van der Waals surface area contributed by atoms with Crippen molar-refractivity contribution in [2.24, 2.45) is 5.73 Å². The molecule has 0 aromatic carbocycles. The number of nitrogens with zero attached hydrogens (tertiary/aromatic N) is 1. The van der Waals surface area contributed by atoms with E-state index in [0.29, 0.717) is 11.6 Å². The van der Waals surface area contributed by atoms with Crippen LogP contribution in [-0.4, -0.2) is 16.9 Å². The van der Waals surface area contributed by atoms with Crippen molar-refractivity contribution >= 4 is 11.7 Å². The predicted molar refractivity (Wildman–Crippen MR) is 60.7 cm³/mol. The Kier molecular flexibility index (Phi) is 4.09. The fourth-order valence-electron chi connectivity index (χ4n) is 1.38. The molecule has 0 saturated carbocycles. The summed E-state index contributed by atoms with van der Waals surface area (Å²) >= 11 is 0. The number of nitrogens with two attached hydrogens (primary N) is 1. The molecular weight excluding hydrogens is 190 g/mol. The van der Waals surface area contributed by atoms with Gasteiger partial charge in [0, 0.05) is 12.2 Å². The van der Waals surface area contributed by atoms with Crippen molar-refractivity contribution in [2.75, 3.05) is 5.32 Å². The molecule has 0 bridgehead atoms. The van der Waals surface area contributed by atoms with Gasteiger partial charge in [0.05, 0.1) is 5.56 Å². The summed E-state index contributed by atoms with van der Waals surface area (Å²) in [5, 5.41) is 3.25. The lowest BCUT2D eigenvalue weighted by molar-refractivity contribution is 0.1000. The fourth-order valence-corrected chi connectivity index (χ4v) is 1.38. The second-order valence-electron chi connectivity index (χ2n) is 3.63. The highest BCUT2D eigenvalue weighted by molar-refractivity contribution is 5.92. The molecule has 1 rings (SSSR count). The number of nitrogens with one attached hydrogen (secondary N) is 1. The van der Waals surface area contributed by atoms with Crippen molar-refractivity contribution in [1.82, 2.24) is 4.98 Å². The Morgan fingerprint density at radius 3 is 2.80 bits per heavy atom. The Morgan fingerprint density at radius 2 is 2.33 bits per heavy atom. The van der Waals surface area contributed by atoms with Crippen LogP contribution in [0.1, 0.15) is 37.0 Å². The topological polar surface area (TPSA) is 68.0 Å². The van der Waals surface area contributed by atoms with Gasteiger partial charge in [0.25, 0.3) is 0 Å². The van der Waals surface area contributed by atoms with Gasteiger partial charge in [0.2, 0.25) is 5.91 Å². The molecule has 15 heavy (non-hydrogen) atoms. The van der Waals surface area contributed by atoms with E-state index in [0.717, 1.165) is 18.7 Å². The molecule has 1 atom stereocenters. The van der Waals surface area contributed by atoms with Crippen LogP contribution in [0.3, 0.4) is 0 Å². The first kappa shape index (κ1) is 11.5. The first-order valence-electron chi connectivity index (χ1n) is 5.16. The summed E-state index contributed by atoms with van der Waals surface area (Å²) in [6, 6.07) is 3.84. The van der Waals surface area contributed by atoms with E-state index in [4.69, 9.17) is 5.73 Å². The molecule has 0 saturated heterocycles. The van der Waals surface area contributed by atoms with Gasteiger partial charge >= 0.3 is 0 Å². The molecule has 0 aliphatic rings. The maximum atomic E-state index is 10.8. The second kappa shape index (κ2) is 5.34. The van der Waals surface area contributed by atoms with Crippen LogP contribution in [0.4, 0.5) is 5.82 Å². The van der Waals surface area contributed by atoms with Gasteiger partial charge in [-0.25, -0.2) is 4.98 Å². The van der Waals surface area contributed by atoms with E-state index in [1.165, 1.54) is 6.20 Å². The zero-order chi connectivity index (χ0) is 11.3. The smallest absolute Gasteiger partial charge is 0.250 e. The number of pyridine rings is 1. The SMILES string of the molecule is CCCC(C)Nc1ccc(C(N)=O)cn1. The average molecular weight is 207 g/mol. The Balaban J connectivity index is 2.60. The molecule has 0 aliphatic carbocycles. The molecular formula is C11H17N3O. The number of primary amides is 1. The summed E-state index contributed by atoms with van der Waals surface area (Å²) in [6.07, 6.45) is 3.72. The number of amides is 1. The highest BCUT2D eigenvalue weighted by Crippen LogP contribution is 2.08. The number of aromatic nitrogens is 1. The first-order valence-corrected chi connectivity index (χ1v) is 5.16. The third kappa shape index (κ3) is 3.58. The van der Waals surface area contributed by atoms with E-state index in [1.54, 1.807) is 12.1 Å². The fraction of sp³-hybridized carbons (Fsp3) is 0.455. The molecule has 0 fully saturated rings. The van der Waals surface area contributed by atoms with Crippen LogP contribution in [0.2, 0.25) is 0 Å². The third-order valence-electron chi connectivity index (χ3n) is 2.16. The van der Waals surface area contributed by atoms with Crippen molar-refractivity contribution in [3.8, 4) is 0 Å². The zero-order valence-electron chi connectivity index (χ0n) is 9.16. The van der Waals surface area contributed by atoms with Gasteiger partial charge in [0.15, 0.2) is 0 Å². The normalized spacial score (nSPS) is 12.1. The van der Waals surface area contributed by atoms with E-state index < -0.39 is 5.91 Å². The molecule has 0 aliphatic heterocycles. The molecule has 1 amide bonds.